The second-order valence-corrected chi connectivity index (χ2v) is 3.99. The van der Waals surface area contributed by atoms with E-state index in [1.807, 2.05) is 31.2 Å². The van der Waals surface area contributed by atoms with Gasteiger partial charge < -0.3 is 10.3 Å². The highest BCUT2D eigenvalue weighted by molar-refractivity contribution is 5.90. The normalized spacial score (nSPS) is 10.2. The fourth-order valence-corrected chi connectivity index (χ4v) is 1.62. The summed E-state index contributed by atoms with van der Waals surface area (Å²) in [5.74, 6) is 0.0187. The van der Waals surface area contributed by atoms with Gasteiger partial charge in [-0.05, 0) is 31.0 Å². The van der Waals surface area contributed by atoms with Gasteiger partial charge in [0.1, 0.15) is 0 Å². The lowest BCUT2D eigenvalue weighted by molar-refractivity contribution is -0.116. The van der Waals surface area contributed by atoms with E-state index in [-0.39, 0.29) is 5.91 Å². The Labute approximate surface area is 100 Å². The minimum absolute atomic E-state index is 0.0187. The first-order valence-electron chi connectivity index (χ1n) is 5.58. The van der Waals surface area contributed by atoms with Crippen molar-refractivity contribution < 1.29 is 4.79 Å². The van der Waals surface area contributed by atoms with Gasteiger partial charge in [0.05, 0.1) is 6.33 Å². The van der Waals surface area contributed by atoms with Crippen LogP contribution in [-0.4, -0.2) is 15.9 Å². The lowest BCUT2D eigenvalue weighted by Gasteiger charge is -2.05. The summed E-state index contributed by atoms with van der Waals surface area (Å²) in [6.07, 6.45) is 4.49. The maximum Gasteiger partial charge on any atom is 0.224 e. The van der Waals surface area contributed by atoms with Crippen LogP contribution in [0, 0.1) is 6.92 Å². The van der Waals surface area contributed by atoms with Crippen LogP contribution in [-0.2, 0) is 11.2 Å². The topological polar surface area (TPSA) is 57.8 Å². The van der Waals surface area contributed by atoms with Crippen LogP contribution in [0.5, 0.6) is 0 Å². The van der Waals surface area contributed by atoms with Gasteiger partial charge in [-0.25, -0.2) is 4.98 Å². The Morgan fingerprint density at radius 2 is 2.35 bits per heavy atom. The van der Waals surface area contributed by atoms with Crippen LogP contribution in [0.15, 0.2) is 36.8 Å². The minimum atomic E-state index is 0.0187. The first-order valence-corrected chi connectivity index (χ1v) is 5.58. The molecule has 2 N–H and O–H groups in total. The number of anilines is 1. The summed E-state index contributed by atoms with van der Waals surface area (Å²) in [6.45, 7) is 2.00. The molecule has 1 amide bonds. The number of carbonyl (C=O) groups is 1. The van der Waals surface area contributed by atoms with E-state index in [0.717, 1.165) is 16.9 Å². The van der Waals surface area contributed by atoms with Crippen molar-refractivity contribution in [1.82, 2.24) is 9.97 Å². The number of amides is 1. The predicted octanol–water partition coefficient (Wildman–Crippen LogP) is 2.29. The molecule has 0 saturated heterocycles. The van der Waals surface area contributed by atoms with Crippen LogP contribution in [0.4, 0.5) is 5.69 Å². The number of carbonyl (C=O) groups excluding carboxylic acids is 1. The standard InChI is InChI=1S/C13H15N3O/c1-10-3-2-4-11(7-10)16-13(17)6-5-12-8-14-9-15-12/h2-4,7-9H,5-6H2,1H3,(H,14,15)(H,16,17). The number of nitrogens with zero attached hydrogens (tertiary/aromatic N) is 1. The van der Waals surface area contributed by atoms with Gasteiger partial charge in [0.25, 0.3) is 0 Å². The Morgan fingerprint density at radius 3 is 3.06 bits per heavy atom. The van der Waals surface area contributed by atoms with Crippen molar-refractivity contribution in [2.75, 3.05) is 5.32 Å². The zero-order chi connectivity index (χ0) is 12.1. The number of aryl methyl sites for hydroxylation is 2. The van der Waals surface area contributed by atoms with Crippen molar-refractivity contribution in [3.8, 4) is 0 Å². The quantitative estimate of drug-likeness (QED) is 0.845. The molecular formula is C13H15N3O. The molecule has 2 rings (SSSR count). The van der Waals surface area contributed by atoms with E-state index in [4.69, 9.17) is 0 Å². The van der Waals surface area contributed by atoms with Crippen LogP contribution >= 0.6 is 0 Å². The number of nitrogens with one attached hydrogen (secondary N) is 2. The van der Waals surface area contributed by atoms with Crippen LogP contribution < -0.4 is 5.32 Å². The Morgan fingerprint density at radius 1 is 1.47 bits per heavy atom. The van der Waals surface area contributed by atoms with Gasteiger partial charge >= 0.3 is 0 Å². The van der Waals surface area contributed by atoms with E-state index >= 15 is 0 Å². The number of H-pyrrole nitrogens is 1. The molecule has 1 aromatic heterocycles. The van der Waals surface area contributed by atoms with Crippen molar-refractivity contribution in [2.24, 2.45) is 0 Å². The third-order valence-electron chi connectivity index (χ3n) is 2.48. The van der Waals surface area contributed by atoms with Gasteiger partial charge in [0.2, 0.25) is 5.91 Å². The predicted molar refractivity (Wildman–Crippen MR) is 66.7 cm³/mol. The first kappa shape index (κ1) is 11.4. The fraction of sp³-hybridized carbons (Fsp3) is 0.231. The molecule has 88 valence electrons. The van der Waals surface area contributed by atoms with E-state index in [1.165, 1.54) is 0 Å². The van der Waals surface area contributed by atoms with Gasteiger partial charge in [0, 0.05) is 24.0 Å². The van der Waals surface area contributed by atoms with Crippen molar-refractivity contribution in [1.29, 1.82) is 0 Å². The Bertz CT molecular complexity index is 491. The van der Waals surface area contributed by atoms with Gasteiger partial charge in [0.15, 0.2) is 0 Å². The monoisotopic (exact) mass is 229 g/mol. The molecule has 1 aromatic carbocycles. The molecule has 0 spiro atoms. The van der Waals surface area contributed by atoms with Crippen LogP contribution in [0.3, 0.4) is 0 Å². The third kappa shape index (κ3) is 3.45. The smallest absolute Gasteiger partial charge is 0.224 e. The average Bonchev–Trinajstić information content (AvgIpc) is 2.79. The van der Waals surface area contributed by atoms with Crippen LogP contribution in [0.1, 0.15) is 17.7 Å². The lowest BCUT2D eigenvalue weighted by Crippen LogP contribution is -2.12. The zero-order valence-electron chi connectivity index (χ0n) is 9.73. The van der Waals surface area contributed by atoms with Crippen LogP contribution in [0.2, 0.25) is 0 Å². The minimum Gasteiger partial charge on any atom is -0.348 e. The SMILES string of the molecule is Cc1cccc(NC(=O)CCc2cnc[nH]2)c1. The van der Waals surface area contributed by atoms with Crippen molar-refractivity contribution >= 4 is 11.6 Å². The average molecular weight is 229 g/mol. The fourth-order valence-electron chi connectivity index (χ4n) is 1.62. The van der Waals surface area contributed by atoms with Crippen molar-refractivity contribution in [3.05, 3.63) is 48.0 Å². The molecule has 0 aliphatic heterocycles. The Balaban J connectivity index is 1.85. The summed E-state index contributed by atoms with van der Waals surface area (Å²) in [5, 5.41) is 2.87. The number of imidazole rings is 1. The largest absolute Gasteiger partial charge is 0.348 e. The molecule has 0 saturated carbocycles. The van der Waals surface area contributed by atoms with E-state index in [1.54, 1.807) is 12.5 Å². The summed E-state index contributed by atoms with van der Waals surface area (Å²) >= 11 is 0. The first-order chi connectivity index (χ1) is 8.24. The molecule has 17 heavy (non-hydrogen) atoms. The molecule has 2 aromatic rings. The second-order valence-electron chi connectivity index (χ2n) is 3.99. The Kier molecular flexibility index (Phi) is 3.55. The summed E-state index contributed by atoms with van der Waals surface area (Å²) < 4.78 is 0. The molecule has 0 bridgehead atoms. The highest BCUT2D eigenvalue weighted by Crippen LogP contribution is 2.10. The van der Waals surface area contributed by atoms with E-state index in [9.17, 15) is 4.79 Å². The third-order valence-corrected chi connectivity index (χ3v) is 2.48. The molecule has 0 aliphatic rings. The molecule has 0 fully saturated rings. The molecule has 0 aliphatic carbocycles. The molecule has 0 unspecified atom stereocenters. The van der Waals surface area contributed by atoms with Crippen LogP contribution in [0.25, 0.3) is 0 Å². The Hall–Kier alpha value is -2.10. The molecule has 0 atom stereocenters. The van der Waals surface area contributed by atoms with Gasteiger partial charge in [-0.3, -0.25) is 4.79 Å². The van der Waals surface area contributed by atoms with E-state index < -0.39 is 0 Å². The van der Waals surface area contributed by atoms with Gasteiger partial charge in [-0.15, -0.1) is 0 Å². The number of hydrogen-bond donors (Lipinski definition) is 2. The van der Waals surface area contributed by atoms with Gasteiger partial charge in [-0.1, -0.05) is 12.1 Å². The zero-order valence-corrected chi connectivity index (χ0v) is 9.73. The van der Waals surface area contributed by atoms with Crippen molar-refractivity contribution in [2.45, 2.75) is 19.8 Å². The number of aromatic amines is 1. The number of hydrogen-bond acceptors (Lipinski definition) is 2. The van der Waals surface area contributed by atoms with E-state index in [2.05, 4.69) is 15.3 Å². The summed E-state index contributed by atoms with van der Waals surface area (Å²) in [4.78, 5) is 18.6. The molecule has 0 radical (unpaired) electrons. The van der Waals surface area contributed by atoms with Gasteiger partial charge in [-0.2, -0.15) is 0 Å². The second kappa shape index (κ2) is 5.30. The maximum absolute atomic E-state index is 11.7. The molecule has 4 nitrogen and oxygen atoms in total. The molecule has 1 heterocycles. The number of aromatic nitrogens is 2. The summed E-state index contributed by atoms with van der Waals surface area (Å²) in [6, 6.07) is 7.77. The van der Waals surface area contributed by atoms with Crippen molar-refractivity contribution in [3.63, 3.8) is 0 Å². The van der Waals surface area contributed by atoms with E-state index in [0.29, 0.717) is 12.8 Å². The summed E-state index contributed by atoms with van der Waals surface area (Å²) in [5.41, 5.74) is 2.96. The lowest BCUT2D eigenvalue weighted by atomic mass is 10.2. The number of rotatable bonds is 4. The molecular weight excluding hydrogens is 214 g/mol. The molecule has 4 heteroatoms. The highest BCUT2D eigenvalue weighted by atomic mass is 16.1. The number of benzene rings is 1. The highest BCUT2D eigenvalue weighted by Gasteiger charge is 2.03. The maximum atomic E-state index is 11.7. The summed E-state index contributed by atoms with van der Waals surface area (Å²) in [7, 11) is 0.